The summed E-state index contributed by atoms with van der Waals surface area (Å²) in [6, 6.07) is 12.4. The number of nitrogens with zero attached hydrogens (tertiary/aromatic N) is 2. The van der Waals surface area contributed by atoms with Gasteiger partial charge in [0.15, 0.2) is 0 Å². The molecule has 29 heavy (non-hydrogen) atoms. The highest BCUT2D eigenvalue weighted by Gasteiger charge is 2.44. The second-order valence-corrected chi connectivity index (χ2v) is 8.44. The van der Waals surface area contributed by atoms with Gasteiger partial charge in [-0.25, -0.2) is 0 Å². The zero-order valence-corrected chi connectivity index (χ0v) is 17.3. The molecule has 4 rings (SSSR count). The minimum Gasteiger partial charge on any atom is -0.381 e. The Morgan fingerprint density at radius 2 is 1.83 bits per heavy atom. The van der Waals surface area contributed by atoms with Gasteiger partial charge in [0.1, 0.15) is 0 Å². The maximum atomic E-state index is 13.8. The lowest BCUT2D eigenvalue weighted by Crippen LogP contribution is -2.55. The number of aromatic nitrogens is 1. The number of carbonyl (C=O) groups is 1. The van der Waals surface area contributed by atoms with Crippen LogP contribution in [0, 0.1) is 5.41 Å². The summed E-state index contributed by atoms with van der Waals surface area (Å²) in [5.74, 6) is 0.254. The van der Waals surface area contributed by atoms with Gasteiger partial charge < -0.3 is 14.4 Å². The molecule has 0 spiro atoms. The van der Waals surface area contributed by atoms with E-state index in [2.05, 4.69) is 35.3 Å². The number of hydrogen-bond acceptors (Lipinski definition) is 4. The van der Waals surface area contributed by atoms with Gasteiger partial charge in [0.05, 0.1) is 17.6 Å². The average molecular weight is 395 g/mol. The van der Waals surface area contributed by atoms with Gasteiger partial charge in [-0.1, -0.05) is 30.3 Å². The molecule has 5 heteroatoms. The number of hydrogen-bond donors (Lipinski definition) is 0. The van der Waals surface area contributed by atoms with E-state index in [0.717, 1.165) is 30.4 Å². The smallest absolute Gasteiger partial charge is 0.229 e. The summed E-state index contributed by atoms with van der Waals surface area (Å²) in [6.45, 7) is 6.69. The summed E-state index contributed by atoms with van der Waals surface area (Å²) in [4.78, 5) is 20.1. The van der Waals surface area contributed by atoms with Crippen molar-refractivity contribution in [2.24, 2.45) is 5.41 Å². The van der Waals surface area contributed by atoms with Crippen molar-refractivity contribution in [3.05, 3.63) is 54.4 Å². The van der Waals surface area contributed by atoms with Crippen LogP contribution in [0.4, 0.5) is 0 Å². The molecule has 2 aliphatic rings. The van der Waals surface area contributed by atoms with Gasteiger partial charge in [0, 0.05) is 44.3 Å². The number of amides is 1. The summed E-state index contributed by atoms with van der Waals surface area (Å²) in [7, 11) is 0. The van der Waals surface area contributed by atoms with E-state index in [-0.39, 0.29) is 18.1 Å². The first-order chi connectivity index (χ1) is 14.1. The zero-order valence-electron chi connectivity index (χ0n) is 17.3. The van der Waals surface area contributed by atoms with Crippen LogP contribution in [0.3, 0.4) is 0 Å². The lowest BCUT2D eigenvalue weighted by atomic mass is 9.72. The fraction of sp³-hybridized carbons (Fsp3) is 0.500. The Kier molecular flexibility index (Phi) is 5.97. The van der Waals surface area contributed by atoms with Crippen molar-refractivity contribution in [1.29, 1.82) is 0 Å². The summed E-state index contributed by atoms with van der Waals surface area (Å²) in [5, 5.41) is 0. The summed E-state index contributed by atoms with van der Waals surface area (Å²) in [6.07, 6.45) is 6.06. The Morgan fingerprint density at radius 1 is 1.10 bits per heavy atom. The highest BCUT2D eigenvalue weighted by molar-refractivity contribution is 5.84. The molecule has 2 aliphatic heterocycles. The predicted molar refractivity (Wildman–Crippen MR) is 112 cm³/mol. The molecular weight excluding hydrogens is 364 g/mol. The Morgan fingerprint density at radius 3 is 2.52 bits per heavy atom. The zero-order chi connectivity index (χ0) is 20.3. The van der Waals surface area contributed by atoms with Gasteiger partial charge >= 0.3 is 0 Å². The molecule has 0 saturated carbocycles. The molecule has 1 aromatic carbocycles. The first kappa shape index (κ1) is 20.0. The molecule has 2 atom stereocenters. The molecule has 2 saturated heterocycles. The van der Waals surface area contributed by atoms with Crippen LogP contribution in [0.5, 0.6) is 0 Å². The third kappa shape index (κ3) is 4.36. The van der Waals surface area contributed by atoms with Crippen LogP contribution in [-0.2, 0) is 20.7 Å². The second-order valence-electron chi connectivity index (χ2n) is 8.44. The molecule has 5 nitrogen and oxygen atoms in total. The number of morpholine rings is 1. The summed E-state index contributed by atoms with van der Waals surface area (Å²) in [5.41, 5.74) is 3.02. The number of ether oxygens (including phenoxy) is 2. The molecule has 0 aliphatic carbocycles. The molecule has 0 unspecified atom stereocenters. The Labute approximate surface area is 173 Å². The van der Waals surface area contributed by atoms with Crippen molar-refractivity contribution in [3.8, 4) is 11.1 Å². The van der Waals surface area contributed by atoms with Crippen LogP contribution in [-0.4, -0.2) is 54.3 Å². The van der Waals surface area contributed by atoms with Gasteiger partial charge in [-0.15, -0.1) is 0 Å². The third-order valence-corrected chi connectivity index (χ3v) is 6.13. The van der Waals surface area contributed by atoms with Crippen LogP contribution in [0.25, 0.3) is 11.1 Å². The molecular formula is C24H30N2O3. The molecule has 154 valence electrons. The van der Waals surface area contributed by atoms with E-state index in [1.807, 2.05) is 31.0 Å². The number of rotatable bonds is 4. The standard InChI is InChI=1S/C24H30N2O3/c1-18-16-26(17-19(2)29-18)23(27)24(9-12-28-13-10-24)14-20-6-3-4-8-22(20)21-7-5-11-25-15-21/h3-8,11,15,18-19H,9-10,12-14,16-17H2,1-2H3/t18-,19-/m0/s1. The number of pyridine rings is 1. The predicted octanol–water partition coefficient (Wildman–Crippen LogP) is 3.72. The topological polar surface area (TPSA) is 51.7 Å². The molecule has 2 aromatic rings. The van der Waals surface area contributed by atoms with E-state index >= 15 is 0 Å². The monoisotopic (exact) mass is 394 g/mol. The van der Waals surface area contributed by atoms with Gasteiger partial charge in [0.2, 0.25) is 5.91 Å². The van der Waals surface area contributed by atoms with E-state index in [4.69, 9.17) is 9.47 Å². The minimum absolute atomic E-state index is 0.0715. The second kappa shape index (κ2) is 8.64. The van der Waals surface area contributed by atoms with Crippen LogP contribution in [0.2, 0.25) is 0 Å². The van der Waals surface area contributed by atoms with E-state index < -0.39 is 5.41 Å². The summed E-state index contributed by atoms with van der Waals surface area (Å²) >= 11 is 0. The van der Waals surface area contributed by atoms with Crippen molar-refractivity contribution in [3.63, 3.8) is 0 Å². The van der Waals surface area contributed by atoms with Crippen LogP contribution < -0.4 is 0 Å². The van der Waals surface area contributed by atoms with E-state index in [9.17, 15) is 4.79 Å². The highest BCUT2D eigenvalue weighted by atomic mass is 16.5. The Bertz CT molecular complexity index is 823. The lowest BCUT2D eigenvalue weighted by molar-refractivity contribution is -0.159. The number of benzene rings is 1. The fourth-order valence-corrected chi connectivity index (χ4v) is 4.75. The molecule has 1 amide bonds. The lowest BCUT2D eigenvalue weighted by Gasteiger charge is -2.43. The van der Waals surface area contributed by atoms with Crippen molar-refractivity contribution < 1.29 is 14.3 Å². The normalized spacial score (nSPS) is 24.3. The van der Waals surface area contributed by atoms with E-state index in [0.29, 0.717) is 26.3 Å². The SMILES string of the molecule is C[C@H]1CN(C(=O)C2(Cc3ccccc3-c3cccnc3)CCOCC2)C[C@H](C)O1. The van der Waals surface area contributed by atoms with Gasteiger partial charge in [-0.2, -0.15) is 0 Å². The average Bonchev–Trinajstić information content (AvgIpc) is 2.74. The van der Waals surface area contributed by atoms with Crippen molar-refractivity contribution >= 4 is 5.91 Å². The molecule has 1 aromatic heterocycles. The van der Waals surface area contributed by atoms with Gasteiger partial charge in [-0.3, -0.25) is 9.78 Å². The van der Waals surface area contributed by atoms with Crippen molar-refractivity contribution in [2.45, 2.75) is 45.3 Å². The van der Waals surface area contributed by atoms with Crippen LogP contribution >= 0.6 is 0 Å². The van der Waals surface area contributed by atoms with Crippen LogP contribution in [0.1, 0.15) is 32.3 Å². The maximum Gasteiger partial charge on any atom is 0.229 e. The van der Waals surface area contributed by atoms with Crippen LogP contribution in [0.15, 0.2) is 48.8 Å². The first-order valence-electron chi connectivity index (χ1n) is 10.6. The molecule has 2 fully saturated rings. The number of carbonyl (C=O) groups excluding carboxylic acids is 1. The highest BCUT2D eigenvalue weighted by Crippen LogP contribution is 2.39. The minimum atomic E-state index is -0.423. The first-order valence-corrected chi connectivity index (χ1v) is 10.6. The summed E-state index contributed by atoms with van der Waals surface area (Å²) < 4.78 is 11.5. The van der Waals surface area contributed by atoms with Crippen molar-refractivity contribution in [1.82, 2.24) is 9.88 Å². The Balaban J connectivity index is 1.66. The molecule has 0 bridgehead atoms. The molecule has 0 radical (unpaired) electrons. The van der Waals surface area contributed by atoms with Crippen molar-refractivity contribution in [2.75, 3.05) is 26.3 Å². The molecule has 0 N–H and O–H groups in total. The van der Waals surface area contributed by atoms with E-state index in [1.54, 1.807) is 6.20 Å². The molecule has 3 heterocycles. The Hall–Kier alpha value is -2.24. The maximum absolute atomic E-state index is 13.8. The van der Waals surface area contributed by atoms with Gasteiger partial charge in [-0.05, 0) is 50.3 Å². The largest absolute Gasteiger partial charge is 0.381 e. The van der Waals surface area contributed by atoms with Gasteiger partial charge in [0.25, 0.3) is 0 Å². The van der Waals surface area contributed by atoms with E-state index in [1.165, 1.54) is 5.56 Å². The third-order valence-electron chi connectivity index (χ3n) is 6.13. The fourth-order valence-electron chi connectivity index (χ4n) is 4.75. The quantitative estimate of drug-likeness (QED) is 0.793.